The summed E-state index contributed by atoms with van der Waals surface area (Å²) in [7, 11) is 0. The lowest BCUT2D eigenvalue weighted by Gasteiger charge is -2.07. The second-order valence-corrected chi connectivity index (χ2v) is 4.64. The summed E-state index contributed by atoms with van der Waals surface area (Å²) in [6.45, 7) is 0. The van der Waals surface area contributed by atoms with Crippen LogP contribution in [0.1, 0.15) is 29.8 Å². The Kier molecular flexibility index (Phi) is 5.02. The summed E-state index contributed by atoms with van der Waals surface area (Å²) in [6.07, 6.45) is 0.149. The molecule has 0 spiro atoms. The number of hydrazine groups is 1. The molecule has 7 heteroatoms. The fraction of sp³-hybridized carbons (Fsp3) is 0.200. The Labute approximate surface area is 126 Å². The minimum absolute atomic E-state index is 0.0255. The molecule has 0 saturated carbocycles. The molecule has 1 aromatic heterocycles. The Bertz CT molecular complexity index is 715. The maximum atomic E-state index is 11.9. The van der Waals surface area contributed by atoms with Crippen LogP contribution in [-0.2, 0) is 9.59 Å². The number of carbonyl (C=O) groups excluding carboxylic acids is 2. The van der Waals surface area contributed by atoms with Gasteiger partial charge in [0.15, 0.2) is 0 Å². The molecule has 2 aromatic rings. The van der Waals surface area contributed by atoms with E-state index in [1.54, 1.807) is 18.2 Å². The van der Waals surface area contributed by atoms with Gasteiger partial charge in [0.2, 0.25) is 5.91 Å². The highest BCUT2D eigenvalue weighted by molar-refractivity contribution is 5.95. The third-order valence-electron chi connectivity index (χ3n) is 2.94. The van der Waals surface area contributed by atoms with E-state index in [4.69, 9.17) is 5.11 Å². The van der Waals surface area contributed by atoms with E-state index in [0.717, 1.165) is 5.39 Å². The first-order valence-corrected chi connectivity index (χ1v) is 6.73. The highest BCUT2D eigenvalue weighted by atomic mass is 16.4. The van der Waals surface area contributed by atoms with Gasteiger partial charge in [-0.15, -0.1) is 0 Å². The van der Waals surface area contributed by atoms with Crippen LogP contribution >= 0.6 is 0 Å². The van der Waals surface area contributed by atoms with Crippen LogP contribution < -0.4 is 10.9 Å². The predicted octanol–water partition coefficient (Wildman–Crippen LogP) is 1.25. The minimum Gasteiger partial charge on any atom is -0.481 e. The average molecular weight is 301 g/mol. The summed E-state index contributed by atoms with van der Waals surface area (Å²) in [6, 6.07) is 10.7. The summed E-state index contributed by atoms with van der Waals surface area (Å²) in [5.74, 6) is -1.94. The van der Waals surface area contributed by atoms with Crippen molar-refractivity contribution < 1.29 is 19.5 Å². The van der Waals surface area contributed by atoms with Gasteiger partial charge in [0, 0.05) is 18.2 Å². The number of benzene rings is 1. The lowest BCUT2D eigenvalue weighted by molar-refractivity contribution is -0.137. The van der Waals surface area contributed by atoms with Crippen molar-refractivity contribution in [3.8, 4) is 0 Å². The van der Waals surface area contributed by atoms with Crippen LogP contribution in [0.15, 0.2) is 36.4 Å². The summed E-state index contributed by atoms with van der Waals surface area (Å²) in [5.41, 5.74) is 5.35. The molecule has 2 rings (SSSR count). The molecule has 22 heavy (non-hydrogen) atoms. The Balaban J connectivity index is 1.88. The number of rotatable bonds is 5. The topological polar surface area (TPSA) is 108 Å². The maximum absolute atomic E-state index is 11.9. The van der Waals surface area contributed by atoms with Gasteiger partial charge in [0.05, 0.1) is 5.52 Å². The van der Waals surface area contributed by atoms with Crippen molar-refractivity contribution >= 4 is 28.7 Å². The van der Waals surface area contributed by atoms with Crippen molar-refractivity contribution in [3.05, 3.63) is 42.1 Å². The van der Waals surface area contributed by atoms with Gasteiger partial charge >= 0.3 is 5.97 Å². The number of carboxylic acids is 1. The quantitative estimate of drug-likeness (QED) is 0.720. The molecular weight excluding hydrogens is 286 g/mol. The Morgan fingerprint density at radius 1 is 1.00 bits per heavy atom. The Hall–Kier alpha value is -2.96. The first-order chi connectivity index (χ1) is 10.6. The molecule has 0 unspecified atom stereocenters. The molecule has 7 nitrogen and oxygen atoms in total. The van der Waals surface area contributed by atoms with E-state index >= 15 is 0 Å². The van der Waals surface area contributed by atoms with Crippen LogP contribution in [0.4, 0.5) is 0 Å². The monoisotopic (exact) mass is 301 g/mol. The number of aromatic nitrogens is 1. The van der Waals surface area contributed by atoms with E-state index in [2.05, 4.69) is 15.8 Å². The van der Waals surface area contributed by atoms with E-state index in [0.29, 0.717) is 5.52 Å². The van der Waals surface area contributed by atoms with E-state index in [1.165, 1.54) is 0 Å². The van der Waals surface area contributed by atoms with Gasteiger partial charge in [-0.3, -0.25) is 25.2 Å². The normalized spacial score (nSPS) is 10.2. The number of carbonyl (C=O) groups is 3. The summed E-state index contributed by atoms with van der Waals surface area (Å²) >= 11 is 0. The number of hydrogen-bond donors (Lipinski definition) is 3. The largest absolute Gasteiger partial charge is 0.481 e. The molecule has 0 radical (unpaired) electrons. The van der Waals surface area contributed by atoms with Crippen LogP contribution in [-0.4, -0.2) is 27.9 Å². The van der Waals surface area contributed by atoms with E-state index in [9.17, 15) is 14.4 Å². The molecular formula is C15H15N3O4. The maximum Gasteiger partial charge on any atom is 0.303 e. The fourth-order valence-corrected chi connectivity index (χ4v) is 1.85. The van der Waals surface area contributed by atoms with Crippen LogP contribution in [0.5, 0.6) is 0 Å². The van der Waals surface area contributed by atoms with Crippen LogP contribution in [0, 0.1) is 0 Å². The predicted molar refractivity (Wildman–Crippen MR) is 78.8 cm³/mol. The molecule has 0 fully saturated rings. The molecule has 1 aromatic carbocycles. The number of nitrogens with zero attached hydrogens (tertiary/aromatic N) is 1. The van der Waals surface area contributed by atoms with E-state index in [-0.39, 0.29) is 25.0 Å². The fourth-order valence-electron chi connectivity index (χ4n) is 1.85. The molecule has 3 N–H and O–H groups in total. The third kappa shape index (κ3) is 4.27. The van der Waals surface area contributed by atoms with Gasteiger partial charge in [-0.2, -0.15) is 0 Å². The summed E-state index contributed by atoms with van der Waals surface area (Å²) < 4.78 is 0. The SMILES string of the molecule is O=C(O)CCCC(=O)NNC(=O)c1ccc2ccccc2n1. The van der Waals surface area contributed by atoms with Crippen molar-refractivity contribution in [1.82, 2.24) is 15.8 Å². The van der Waals surface area contributed by atoms with Crippen LogP contribution in [0.2, 0.25) is 0 Å². The minimum atomic E-state index is -0.961. The molecule has 0 bridgehead atoms. The van der Waals surface area contributed by atoms with Gasteiger partial charge in [-0.05, 0) is 18.6 Å². The number of fused-ring (bicyclic) bond motifs is 1. The second kappa shape index (κ2) is 7.16. The highest BCUT2D eigenvalue weighted by Gasteiger charge is 2.09. The van der Waals surface area contributed by atoms with Crippen LogP contribution in [0.25, 0.3) is 10.9 Å². The first kappa shape index (κ1) is 15.4. The van der Waals surface area contributed by atoms with E-state index in [1.807, 2.05) is 18.2 Å². The molecule has 0 aliphatic carbocycles. The first-order valence-electron chi connectivity index (χ1n) is 6.73. The van der Waals surface area contributed by atoms with Gasteiger partial charge in [0.1, 0.15) is 5.69 Å². The number of hydrogen-bond acceptors (Lipinski definition) is 4. The number of carboxylic acid groups (broad SMARTS) is 1. The van der Waals surface area contributed by atoms with Crippen molar-refractivity contribution in [1.29, 1.82) is 0 Å². The number of nitrogens with one attached hydrogen (secondary N) is 2. The Morgan fingerprint density at radius 2 is 1.77 bits per heavy atom. The molecule has 0 aliphatic heterocycles. The van der Waals surface area contributed by atoms with Gasteiger partial charge in [-0.1, -0.05) is 24.3 Å². The molecule has 0 saturated heterocycles. The third-order valence-corrected chi connectivity index (χ3v) is 2.94. The number of para-hydroxylation sites is 1. The van der Waals surface area contributed by atoms with Crippen molar-refractivity contribution in [2.24, 2.45) is 0 Å². The molecule has 2 amide bonds. The van der Waals surface area contributed by atoms with Crippen molar-refractivity contribution in [2.75, 3.05) is 0 Å². The summed E-state index contributed by atoms with van der Waals surface area (Å²) in [4.78, 5) is 37.9. The van der Waals surface area contributed by atoms with Gasteiger partial charge in [0.25, 0.3) is 5.91 Å². The molecule has 114 valence electrons. The molecule has 0 aliphatic rings. The molecule has 0 atom stereocenters. The Morgan fingerprint density at radius 3 is 2.55 bits per heavy atom. The standard InChI is InChI=1S/C15H15N3O4/c19-13(6-3-7-14(20)21)17-18-15(22)12-9-8-10-4-1-2-5-11(10)16-12/h1-2,4-5,8-9H,3,6-7H2,(H,17,19)(H,18,22)(H,20,21). The van der Waals surface area contributed by atoms with E-state index < -0.39 is 17.8 Å². The van der Waals surface area contributed by atoms with Crippen molar-refractivity contribution in [2.45, 2.75) is 19.3 Å². The zero-order valence-corrected chi connectivity index (χ0v) is 11.7. The second-order valence-electron chi connectivity index (χ2n) is 4.64. The lowest BCUT2D eigenvalue weighted by atomic mass is 10.2. The lowest BCUT2D eigenvalue weighted by Crippen LogP contribution is -2.41. The zero-order chi connectivity index (χ0) is 15.9. The number of aliphatic carboxylic acids is 1. The summed E-state index contributed by atoms with van der Waals surface area (Å²) in [5, 5.41) is 9.38. The zero-order valence-electron chi connectivity index (χ0n) is 11.7. The highest BCUT2D eigenvalue weighted by Crippen LogP contribution is 2.11. The number of amides is 2. The van der Waals surface area contributed by atoms with Gasteiger partial charge < -0.3 is 5.11 Å². The number of pyridine rings is 1. The van der Waals surface area contributed by atoms with Crippen LogP contribution in [0.3, 0.4) is 0 Å². The average Bonchev–Trinajstić information content (AvgIpc) is 2.51. The molecule has 1 heterocycles. The smallest absolute Gasteiger partial charge is 0.303 e. The van der Waals surface area contributed by atoms with Crippen molar-refractivity contribution in [3.63, 3.8) is 0 Å². The van der Waals surface area contributed by atoms with Gasteiger partial charge in [-0.25, -0.2) is 4.98 Å².